The van der Waals surface area contributed by atoms with E-state index in [0.29, 0.717) is 6.41 Å². The lowest BCUT2D eigenvalue weighted by Gasteiger charge is -2.22. The summed E-state index contributed by atoms with van der Waals surface area (Å²) in [7, 11) is -4.17. The van der Waals surface area contributed by atoms with E-state index < -0.39 is 26.0 Å². The molecule has 4 N–H and O–H groups in total. The van der Waals surface area contributed by atoms with Crippen LogP contribution in [0.4, 0.5) is 0 Å². The number of hydroxylamine groups is 2. The predicted molar refractivity (Wildman–Crippen MR) is 82.2 cm³/mol. The average Bonchev–Trinajstić information content (AvgIpc) is 2.49. The summed E-state index contributed by atoms with van der Waals surface area (Å²) in [5.41, 5.74) is 0.857. The van der Waals surface area contributed by atoms with Gasteiger partial charge in [0.25, 0.3) is 0 Å². The summed E-state index contributed by atoms with van der Waals surface area (Å²) in [6, 6.07) is 9.16. The van der Waals surface area contributed by atoms with Gasteiger partial charge in [-0.05, 0) is 12.0 Å². The van der Waals surface area contributed by atoms with Crippen molar-refractivity contribution in [1.82, 2.24) is 5.06 Å². The van der Waals surface area contributed by atoms with Crippen LogP contribution in [-0.2, 0) is 20.8 Å². The van der Waals surface area contributed by atoms with Gasteiger partial charge < -0.3 is 20.0 Å². The van der Waals surface area contributed by atoms with Gasteiger partial charge in [-0.2, -0.15) is 0 Å². The van der Waals surface area contributed by atoms with Crippen molar-refractivity contribution in [2.75, 3.05) is 12.7 Å². The third-order valence-corrected chi connectivity index (χ3v) is 3.89. The lowest BCUT2D eigenvalue weighted by molar-refractivity contribution is -0.185. The molecule has 0 aliphatic rings. The monoisotopic (exact) mass is 347 g/mol. The Morgan fingerprint density at radius 1 is 1.17 bits per heavy atom. The second-order valence-electron chi connectivity index (χ2n) is 5.18. The minimum atomic E-state index is -4.17. The van der Waals surface area contributed by atoms with Crippen molar-refractivity contribution in [2.24, 2.45) is 0 Å². The van der Waals surface area contributed by atoms with Crippen LogP contribution in [0.25, 0.3) is 0 Å². The molecule has 9 heteroatoms. The summed E-state index contributed by atoms with van der Waals surface area (Å²) in [6.45, 7) is 0.0103. The Morgan fingerprint density at radius 3 is 2.39 bits per heavy atom. The molecule has 0 saturated carbocycles. The molecule has 1 aromatic carbocycles. The molecule has 2 atom stereocenters. The highest BCUT2D eigenvalue weighted by Crippen LogP contribution is 2.35. The second-order valence-corrected chi connectivity index (χ2v) is 6.96. The molecule has 0 fully saturated rings. The molecule has 1 aromatic rings. The van der Waals surface area contributed by atoms with E-state index in [2.05, 4.69) is 0 Å². The largest absolute Gasteiger partial charge is 0.393 e. The Kier molecular flexibility index (Phi) is 8.40. The van der Waals surface area contributed by atoms with Gasteiger partial charge in [-0.3, -0.25) is 14.2 Å². The molecular formula is C14H22NO7P. The summed E-state index contributed by atoms with van der Waals surface area (Å²) in [4.78, 5) is 33.6. The van der Waals surface area contributed by atoms with Crippen LogP contribution in [0.3, 0.4) is 0 Å². The smallest absolute Gasteiger partial charge is 0.325 e. The van der Waals surface area contributed by atoms with E-state index >= 15 is 0 Å². The fourth-order valence-corrected chi connectivity index (χ4v) is 2.52. The normalized spacial score (nSPS) is 14.3. The van der Waals surface area contributed by atoms with Crippen molar-refractivity contribution in [3.8, 4) is 0 Å². The average molecular weight is 347 g/mol. The fourth-order valence-electron chi connectivity index (χ4n) is 1.89. The highest BCUT2D eigenvalue weighted by atomic mass is 31.2. The van der Waals surface area contributed by atoms with Gasteiger partial charge in [0.15, 0.2) is 0 Å². The molecule has 1 amide bonds. The SMILES string of the molecule is O=CN(C[C@H](O)C[C@H](O)CCP(=O)(O)O)OCc1ccccc1. The van der Waals surface area contributed by atoms with Crippen molar-refractivity contribution in [1.29, 1.82) is 0 Å². The number of hydrogen-bond donors (Lipinski definition) is 4. The lowest BCUT2D eigenvalue weighted by Crippen LogP contribution is -2.33. The minimum Gasteiger partial charge on any atom is -0.393 e. The van der Waals surface area contributed by atoms with Gasteiger partial charge in [-0.1, -0.05) is 30.3 Å². The van der Waals surface area contributed by atoms with E-state index in [-0.39, 0.29) is 26.0 Å². The van der Waals surface area contributed by atoms with Crippen LogP contribution in [0.15, 0.2) is 30.3 Å². The Hall–Kier alpha value is -1.28. The number of rotatable bonds is 11. The molecule has 1 rings (SSSR count). The van der Waals surface area contributed by atoms with Gasteiger partial charge in [0.2, 0.25) is 6.41 Å². The zero-order chi connectivity index (χ0) is 17.3. The van der Waals surface area contributed by atoms with Gasteiger partial charge in [-0.15, -0.1) is 0 Å². The number of aliphatic hydroxyl groups is 2. The fraction of sp³-hybridized carbons (Fsp3) is 0.500. The van der Waals surface area contributed by atoms with Crippen LogP contribution < -0.4 is 0 Å². The lowest BCUT2D eigenvalue weighted by atomic mass is 10.1. The molecule has 0 unspecified atom stereocenters. The van der Waals surface area contributed by atoms with E-state index in [0.717, 1.165) is 10.6 Å². The van der Waals surface area contributed by atoms with Crippen LogP contribution in [0.2, 0.25) is 0 Å². The third-order valence-electron chi connectivity index (χ3n) is 3.05. The van der Waals surface area contributed by atoms with Gasteiger partial charge >= 0.3 is 7.60 Å². The third kappa shape index (κ3) is 9.45. The van der Waals surface area contributed by atoms with Crippen LogP contribution in [-0.4, -0.2) is 56.4 Å². The number of nitrogens with zero attached hydrogens (tertiary/aromatic N) is 1. The maximum Gasteiger partial charge on any atom is 0.325 e. The summed E-state index contributed by atoms with van der Waals surface area (Å²) >= 11 is 0. The molecule has 0 aliphatic carbocycles. The second kappa shape index (κ2) is 9.77. The maximum atomic E-state index is 10.9. The molecule has 23 heavy (non-hydrogen) atoms. The summed E-state index contributed by atoms with van der Waals surface area (Å²) in [5, 5.41) is 20.4. The quantitative estimate of drug-likeness (QED) is 0.257. The number of aliphatic hydroxyl groups excluding tert-OH is 2. The topological polar surface area (TPSA) is 128 Å². The highest BCUT2D eigenvalue weighted by molar-refractivity contribution is 7.51. The Bertz CT molecular complexity index is 507. The minimum absolute atomic E-state index is 0.112. The van der Waals surface area contributed by atoms with Crippen LogP contribution >= 0.6 is 7.60 Å². The van der Waals surface area contributed by atoms with E-state index in [1.165, 1.54) is 0 Å². The van der Waals surface area contributed by atoms with Gasteiger partial charge in [0, 0.05) is 6.42 Å². The van der Waals surface area contributed by atoms with E-state index in [9.17, 15) is 19.6 Å². The van der Waals surface area contributed by atoms with Crippen molar-refractivity contribution in [3.63, 3.8) is 0 Å². The molecule has 0 aromatic heterocycles. The summed E-state index contributed by atoms with van der Waals surface area (Å²) < 4.78 is 10.7. The molecule has 130 valence electrons. The van der Waals surface area contributed by atoms with E-state index in [4.69, 9.17) is 14.6 Å². The first-order valence-electron chi connectivity index (χ1n) is 7.09. The van der Waals surface area contributed by atoms with Crippen LogP contribution in [0.5, 0.6) is 0 Å². The van der Waals surface area contributed by atoms with Crippen LogP contribution in [0, 0.1) is 0 Å². The highest BCUT2D eigenvalue weighted by Gasteiger charge is 2.20. The Balaban J connectivity index is 2.33. The van der Waals surface area contributed by atoms with Crippen LogP contribution in [0.1, 0.15) is 18.4 Å². The van der Waals surface area contributed by atoms with E-state index in [1.807, 2.05) is 30.3 Å². The number of carbonyl (C=O) groups is 1. The molecule has 0 aliphatic heterocycles. The van der Waals surface area contributed by atoms with E-state index in [1.54, 1.807) is 0 Å². The van der Waals surface area contributed by atoms with Gasteiger partial charge in [-0.25, -0.2) is 5.06 Å². The Morgan fingerprint density at radius 2 is 1.83 bits per heavy atom. The van der Waals surface area contributed by atoms with Crippen molar-refractivity contribution < 1.29 is 34.2 Å². The first kappa shape index (κ1) is 19.8. The standard InChI is InChI=1S/C14H22NO7P/c16-11-15(22-10-12-4-2-1-3-5-12)9-14(18)8-13(17)6-7-23(19,20)21/h1-5,11,13-14,17-18H,6-10H2,(H2,19,20,21)/t13-,14-/m1/s1. The zero-order valence-electron chi connectivity index (χ0n) is 12.6. The maximum absolute atomic E-state index is 10.9. The number of benzene rings is 1. The molecule has 0 bridgehead atoms. The first-order chi connectivity index (χ1) is 10.8. The molecule has 0 saturated heterocycles. The molecule has 0 spiro atoms. The molecule has 0 heterocycles. The first-order valence-corrected chi connectivity index (χ1v) is 8.89. The van der Waals surface area contributed by atoms with Crippen molar-refractivity contribution in [2.45, 2.75) is 31.7 Å². The summed E-state index contributed by atoms with van der Waals surface area (Å²) in [5.74, 6) is 0. The molecule has 8 nitrogen and oxygen atoms in total. The predicted octanol–water partition coefficient (Wildman–Crippen LogP) is 0.256. The molecule has 0 radical (unpaired) electrons. The zero-order valence-corrected chi connectivity index (χ0v) is 13.5. The van der Waals surface area contributed by atoms with Gasteiger partial charge in [0.1, 0.15) is 6.61 Å². The van der Waals surface area contributed by atoms with Crippen molar-refractivity contribution >= 4 is 14.0 Å². The number of hydrogen-bond acceptors (Lipinski definition) is 5. The molecular weight excluding hydrogens is 325 g/mol. The number of amides is 1. The van der Waals surface area contributed by atoms with Gasteiger partial charge in [0.05, 0.1) is 24.9 Å². The number of carbonyl (C=O) groups excluding carboxylic acids is 1. The van der Waals surface area contributed by atoms with Crippen molar-refractivity contribution in [3.05, 3.63) is 35.9 Å². The summed E-state index contributed by atoms with van der Waals surface area (Å²) in [6.07, 6.45) is -2.41. The Labute approximate surface area is 134 Å².